The van der Waals surface area contributed by atoms with Gasteiger partial charge in [0.25, 0.3) is 0 Å². The van der Waals surface area contributed by atoms with Crippen molar-refractivity contribution in [2.75, 3.05) is 5.73 Å². The van der Waals surface area contributed by atoms with E-state index in [1.54, 1.807) is 12.1 Å². The Bertz CT molecular complexity index is 610. The summed E-state index contributed by atoms with van der Waals surface area (Å²) >= 11 is 0. The van der Waals surface area contributed by atoms with E-state index in [4.69, 9.17) is 5.73 Å². The predicted octanol–water partition coefficient (Wildman–Crippen LogP) is 2.77. The first kappa shape index (κ1) is 11.4. The van der Waals surface area contributed by atoms with Crippen LogP contribution in [0.15, 0.2) is 18.7 Å². The van der Waals surface area contributed by atoms with E-state index in [1.165, 1.54) is 6.92 Å². The normalized spacial score (nSPS) is 10.7. The summed E-state index contributed by atoms with van der Waals surface area (Å²) in [4.78, 5) is 11.4. The Labute approximate surface area is 99.5 Å². The van der Waals surface area contributed by atoms with Gasteiger partial charge in [0.2, 0.25) is 0 Å². The second kappa shape index (κ2) is 4.05. The molecule has 0 atom stereocenters. The van der Waals surface area contributed by atoms with Gasteiger partial charge in [-0.1, -0.05) is 13.5 Å². The zero-order valence-electron chi connectivity index (χ0n) is 10.0. The minimum Gasteiger partial charge on any atom is -0.398 e. The van der Waals surface area contributed by atoms with Crippen molar-refractivity contribution in [3.05, 3.63) is 30.0 Å². The molecule has 0 bridgehead atoms. The molecule has 0 spiro atoms. The van der Waals surface area contributed by atoms with Gasteiger partial charge in [-0.3, -0.25) is 9.89 Å². The van der Waals surface area contributed by atoms with Crippen molar-refractivity contribution < 1.29 is 4.79 Å². The molecule has 1 aromatic heterocycles. The first-order valence-corrected chi connectivity index (χ1v) is 5.51. The number of hydrogen-bond acceptors (Lipinski definition) is 3. The molecular formula is C13H15N3O. The number of aromatic amines is 1. The number of rotatable bonds is 3. The van der Waals surface area contributed by atoms with Crippen molar-refractivity contribution in [1.29, 1.82) is 0 Å². The zero-order valence-corrected chi connectivity index (χ0v) is 10.0. The van der Waals surface area contributed by atoms with Crippen LogP contribution in [-0.2, 0) is 0 Å². The number of carbonyl (C=O) groups is 1. The molecule has 2 aromatic rings. The average Bonchev–Trinajstić information content (AvgIpc) is 2.69. The van der Waals surface area contributed by atoms with E-state index < -0.39 is 0 Å². The Morgan fingerprint density at radius 1 is 1.53 bits per heavy atom. The lowest BCUT2D eigenvalue weighted by molar-refractivity contribution is 0.101. The molecule has 4 heteroatoms. The lowest BCUT2D eigenvalue weighted by Gasteiger charge is -2.03. The Kier molecular flexibility index (Phi) is 2.71. The van der Waals surface area contributed by atoms with E-state index in [0.717, 1.165) is 28.6 Å². The number of anilines is 1. The Morgan fingerprint density at radius 3 is 2.82 bits per heavy atom. The van der Waals surface area contributed by atoms with Crippen LogP contribution in [0.1, 0.15) is 36.3 Å². The summed E-state index contributed by atoms with van der Waals surface area (Å²) < 4.78 is 0. The van der Waals surface area contributed by atoms with Crippen LogP contribution in [0.2, 0.25) is 0 Å². The third-order valence-electron chi connectivity index (χ3n) is 2.87. The minimum atomic E-state index is -0.0429. The zero-order chi connectivity index (χ0) is 12.6. The predicted molar refractivity (Wildman–Crippen MR) is 69.8 cm³/mol. The van der Waals surface area contributed by atoms with Crippen molar-refractivity contribution in [3.63, 3.8) is 0 Å². The van der Waals surface area contributed by atoms with E-state index in [0.29, 0.717) is 11.3 Å². The molecule has 3 N–H and O–H groups in total. The number of aromatic nitrogens is 2. The van der Waals surface area contributed by atoms with E-state index in [9.17, 15) is 4.79 Å². The quantitative estimate of drug-likeness (QED) is 0.628. The molecule has 0 saturated heterocycles. The number of Topliss-reactive ketones (excluding diaryl/α,β-unsaturated/α-hetero) is 1. The minimum absolute atomic E-state index is 0.0429. The fourth-order valence-electron chi connectivity index (χ4n) is 1.82. The van der Waals surface area contributed by atoms with E-state index in [-0.39, 0.29) is 5.78 Å². The summed E-state index contributed by atoms with van der Waals surface area (Å²) in [6.07, 6.45) is 0.819. The highest BCUT2D eigenvalue weighted by atomic mass is 16.1. The summed E-state index contributed by atoms with van der Waals surface area (Å²) in [5, 5.41) is 8.02. The number of fused-ring (bicyclic) bond motifs is 1. The second-order valence-corrected chi connectivity index (χ2v) is 4.07. The lowest BCUT2D eigenvalue weighted by Crippen LogP contribution is -1.99. The number of allylic oxidation sites excluding steroid dienone is 1. The molecule has 0 fully saturated rings. The monoisotopic (exact) mass is 229 g/mol. The summed E-state index contributed by atoms with van der Waals surface area (Å²) in [5.41, 5.74) is 9.40. The van der Waals surface area contributed by atoms with Crippen LogP contribution in [0.25, 0.3) is 16.5 Å². The van der Waals surface area contributed by atoms with Crippen LogP contribution in [0.3, 0.4) is 0 Å². The van der Waals surface area contributed by atoms with E-state index in [2.05, 4.69) is 16.8 Å². The summed E-state index contributed by atoms with van der Waals surface area (Å²) in [7, 11) is 0. The molecule has 4 nitrogen and oxygen atoms in total. The SMILES string of the molecule is C=C(CC)c1n[nH]c2cc(N)c(C(C)=O)cc12. The van der Waals surface area contributed by atoms with Crippen LogP contribution < -0.4 is 5.73 Å². The largest absolute Gasteiger partial charge is 0.398 e. The third-order valence-corrected chi connectivity index (χ3v) is 2.87. The van der Waals surface area contributed by atoms with Crippen LogP contribution >= 0.6 is 0 Å². The first-order valence-electron chi connectivity index (χ1n) is 5.51. The standard InChI is InChI=1S/C13H15N3O/c1-4-7(2)13-10-5-9(8(3)17)11(14)6-12(10)15-16-13/h5-6H,2,4,14H2,1,3H3,(H,15,16). The number of nitrogens with two attached hydrogens (primary N) is 1. The highest BCUT2D eigenvalue weighted by Gasteiger charge is 2.12. The molecule has 0 aliphatic carbocycles. The maximum atomic E-state index is 11.4. The highest BCUT2D eigenvalue weighted by Crippen LogP contribution is 2.27. The number of nitrogens with one attached hydrogen (secondary N) is 1. The van der Waals surface area contributed by atoms with Crippen LogP contribution in [0.4, 0.5) is 5.69 Å². The second-order valence-electron chi connectivity index (χ2n) is 4.07. The fraction of sp³-hybridized carbons (Fsp3) is 0.231. The van der Waals surface area contributed by atoms with Gasteiger partial charge in [-0.15, -0.1) is 0 Å². The van der Waals surface area contributed by atoms with Gasteiger partial charge in [0.15, 0.2) is 5.78 Å². The number of ketones is 1. The van der Waals surface area contributed by atoms with E-state index in [1.807, 2.05) is 6.92 Å². The van der Waals surface area contributed by atoms with Gasteiger partial charge in [-0.25, -0.2) is 0 Å². The van der Waals surface area contributed by atoms with E-state index >= 15 is 0 Å². The number of nitrogen functional groups attached to an aromatic ring is 1. The molecule has 0 radical (unpaired) electrons. The Hall–Kier alpha value is -2.10. The number of benzene rings is 1. The van der Waals surface area contributed by atoms with Gasteiger partial charge in [-0.2, -0.15) is 5.10 Å². The van der Waals surface area contributed by atoms with Crippen molar-refractivity contribution in [1.82, 2.24) is 10.2 Å². The molecule has 0 amide bonds. The lowest BCUT2D eigenvalue weighted by atomic mass is 10.0. The smallest absolute Gasteiger partial charge is 0.161 e. The van der Waals surface area contributed by atoms with Gasteiger partial charge >= 0.3 is 0 Å². The summed E-state index contributed by atoms with van der Waals surface area (Å²) in [6, 6.07) is 3.53. The Morgan fingerprint density at radius 2 is 2.24 bits per heavy atom. The average molecular weight is 229 g/mol. The van der Waals surface area contributed by atoms with Crippen molar-refractivity contribution in [2.45, 2.75) is 20.3 Å². The first-order chi connectivity index (χ1) is 8.04. The van der Waals surface area contributed by atoms with Gasteiger partial charge in [-0.05, 0) is 31.1 Å². The molecule has 17 heavy (non-hydrogen) atoms. The summed E-state index contributed by atoms with van der Waals surface area (Å²) in [6.45, 7) is 7.49. The molecule has 2 rings (SSSR count). The van der Waals surface area contributed by atoms with Crippen LogP contribution in [0.5, 0.6) is 0 Å². The molecule has 0 aliphatic rings. The molecule has 0 unspecified atom stereocenters. The van der Waals surface area contributed by atoms with Gasteiger partial charge in [0, 0.05) is 16.6 Å². The molecule has 1 aromatic carbocycles. The van der Waals surface area contributed by atoms with Gasteiger partial charge < -0.3 is 5.73 Å². The number of hydrogen-bond donors (Lipinski definition) is 2. The number of H-pyrrole nitrogens is 1. The topological polar surface area (TPSA) is 71.8 Å². The molecule has 88 valence electrons. The maximum absolute atomic E-state index is 11.4. The van der Waals surface area contributed by atoms with Crippen molar-refractivity contribution in [3.8, 4) is 0 Å². The van der Waals surface area contributed by atoms with Crippen LogP contribution in [0, 0.1) is 0 Å². The van der Waals surface area contributed by atoms with Crippen molar-refractivity contribution >= 4 is 27.9 Å². The molecule has 1 heterocycles. The fourth-order valence-corrected chi connectivity index (χ4v) is 1.82. The van der Waals surface area contributed by atoms with Crippen LogP contribution in [-0.4, -0.2) is 16.0 Å². The van der Waals surface area contributed by atoms with Crippen molar-refractivity contribution in [2.24, 2.45) is 0 Å². The number of nitrogens with zero attached hydrogens (tertiary/aromatic N) is 1. The highest BCUT2D eigenvalue weighted by molar-refractivity contribution is 6.04. The summed E-state index contributed by atoms with van der Waals surface area (Å²) in [5.74, 6) is -0.0429. The number of carbonyl (C=O) groups excluding carboxylic acids is 1. The molecule has 0 saturated carbocycles. The molecular weight excluding hydrogens is 214 g/mol. The maximum Gasteiger partial charge on any atom is 0.161 e. The van der Waals surface area contributed by atoms with Gasteiger partial charge in [0.05, 0.1) is 11.2 Å². The third kappa shape index (κ3) is 1.82. The van der Waals surface area contributed by atoms with Gasteiger partial charge in [0.1, 0.15) is 0 Å². The Balaban J connectivity index is 2.71. The molecule has 0 aliphatic heterocycles.